The fourth-order valence-corrected chi connectivity index (χ4v) is 4.28. The van der Waals surface area contributed by atoms with Crippen molar-refractivity contribution < 1.29 is 0 Å². The van der Waals surface area contributed by atoms with Gasteiger partial charge in [0.1, 0.15) is 0 Å². The zero-order valence-corrected chi connectivity index (χ0v) is 11.4. The number of hydrogen-bond acceptors (Lipinski definition) is 3. The third-order valence-corrected chi connectivity index (χ3v) is 5.45. The van der Waals surface area contributed by atoms with Crippen molar-refractivity contribution in [1.82, 2.24) is 10.3 Å². The third-order valence-electron chi connectivity index (χ3n) is 4.42. The average molecular weight is 250 g/mol. The quantitative estimate of drug-likeness (QED) is 0.881. The Morgan fingerprint density at radius 3 is 3.06 bits per heavy atom. The molecule has 1 aromatic heterocycles. The first-order valence-corrected chi connectivity index (χ1v) is 7.93. The standard InChI is InChI=1S/C14H22N2S/c1-2-10-5-6-11(8-10)14-16-13(9-17-14)12-4-3-7-15-12/h9-12,15H,2-8H2,1H3. The van der Waals surface area contributed by atoms with Crippen LogP contribution in [0.3, 0.4) is 0 Å². The number of nitrogens with zero attached hydrogens (tertiary/aromatic N) is 1. The van der Waals surface area contributed by atoms with E-state index >= 15 is 0 Å². The first kappa shape index (κ1) is 11.7. The zero-order chi connectivity index (χ0) is 11.7. The summed E-state index contributed by atoms with van der Waals surface area (Å²) in [7, 11) is 0. The number of nitrogens with one attached hydrogen (secondary N) is 1. The Morgan fingerprint density at radius 1 is 1.41 bits per heavy atom. The summed E-state index contributed by atoms with van der Waals surface area (Å²) in [5, 5.41) is 7.24. The second-order valence-electron chi connectivity index (χ2n) is 5.54. The lowest BCUT2D eigenvalue weighted by Crippen LogP contribution is -2.13. The molecule has 1 saturated carbocycles. The predicted octanol–water partition coefficient (Wildman–Crippen LogP) is 3.86. The second kappa shape index (κ2) is 5.07. The molecule has 1 N–H and O–H groups in total. The number of aromatic nitrogens is 1. The molecule has 0 bridgehead atoms. The number of thiazole rings is 1. The van der Waals surface area contributed by atoms with Crippen LogP contribution in [0.1, 0.15) is 68.1 Å². The van der Waals surface area contributed by atoms with Gasteiger partial charge in [-0.15, -0.1) is 11.3 Å². The van der Waals surface area contributed by atoms with Gasteiger partial charge in [0.15, 0.2) is 0 Å². The van der Waals surface area contributed by atoms with Gasteiger partial charge in [0.2, 0.25) is 0 Å². The van der Waals surface area contributed by atoms with Crippen molar-refractivity contribution in [2.24, 2.45) is 5.92 Å². The van der Waals surface area contributed by atoms with Gasteiger partial charge in [0, 0.05) is 11.3 Å². The number of rotatable bonds is 3. The van der Waals surface area contributed by atoms with Crippen molar-refractivity contribution in [1.29, 1.82) is 0 Å². The van der Waals surface area contributed by atoms with E-state index in [0.717, 1.165) is 11.8 Å². The van der Waals surface area contributed by atoms with E-state index in [1.54, 1.807) is 0 Å². The summed E-state index contributed by atoms with van der Waals surface area (Å²) >= 11 is 1.90. The van der Waals surface area contributed by atoms with Crippen molar-refractivity contribution in [2.75, 3.05) is 6.54 Å². The highest BCUT2D eigenvalue weighted by atomic mass is 32.1. The van der Waals surface area contributed by atoms with E-state index in [4.69, 9.17) is 4.98 Å². The van der Waals surface area contributed by atoms with Crippen LogP contribution in [-0.2, 0) is 0 Å². The SMILES string of the molecule is CCC1CCC(c2nc(C3CCCN3)cs2)C1. The monoisotopic (exact) mass is 250 g/mol. The molecule has 94 valence electrons. The molecule has 17 heavy (non-hydrogen) atoms. The molecule has 1 saturated heterocycles. The molecule has 1 aliphatic heterocycles. The Kier molecular flexibility index (Phi) is 3.48. The zero-order valence-electron chi connectivity index (χ0n) is 10.6. The molecule has 3 unspecified atom stereocenters. The second-order valence-corrected chi connectivity index (χ2v) is 6.43. The maximum Gasteiger partial charge on any atom is 0.0960 e. The van der Waals surface area contributed by atoms with Gasteiger partial charge >= 0.3 is 0 Å². The maximum atomic E-state index is 4.90. The molecular weight excluding hydrogens is 228 g/mol. The van der Waals surface area contributed by atoms with Crippen LogP contribution in [0.25, 0.3) is 0 Å². The minimum atomic E-state index is 0.545. The minimum Gasteiger partial charge on any atom is -0.309 e. The first-order valence-electron chi connectivity index (χ1n) is 7.05. The fourth-order valence-electron chi connectivity index (χ4n) is 3.26. The summed E-state index contributed by atoms with van der Waals surface area (Å²) in [6.07, 6.45) is 8.08. The van der Waals surface area contributed by atoms with E-state index in [9.17, 15) is 0 Å². The van der Waals surface area contributed by atoms with Crippen molar-refractivity contribution >= 4 is 11.3 Å². The molecule has 3 heteroatoms. The minimum absolute atomic E-state index is 0.545. The smallest absolute Gasteiger partial charge is 0.0960 e. The van der Waals surface area contributed by atoms with Gasteiger partial charge in [0.25, 0.3) is 0 Å². The van der Waals surface area contributed by atoms with Crippen LogP contribution in [0.5, 0.6) is 0 Å². The fraction of sp³-hybridized carbons (Fsp3) is 0.786. The Balaban J connectivity index is 1.68. The summed E-state index contributed by atoms with van der Waals surface area (Å²) < 4.78 is 0. The Morgan fingerprint density at radius 2 is 2.35 bits per heavy atom. The molecule has 0 aromatic carbocycles. The molecule has 2 aliphatic rings. The molecular formula is C14H22N2S. The molecule has 3 rings (SSSR count). The van der Waals surface area contributed by atoms with Crippen molar-refractivity contribution in [3.8, 4) is 0 Å². The lowest BCUT2D eigenvalue weighted by molar-refractivity contribution is 0.520. The van der Waals surface area contributed by atoms with E-state index in [2.05, 4.69) is 17.6 Å². The summed E-state index contributed by atoms with van der Waals surface area (Å²) in [5.74, 6) is 1.72. The molecule has 2 heterocycles. The van der Waals surface area contributed by atoms with Crippen molar-refractivity contribution in [2.45, 2.75) is 57.4 Å². The lowest BCUT2D eigenvalue weighted by atomic mass is 10.0. The van der Waals surface area contributed by atoms with Gasteiger partial charge in [0.05, 0.1) is 16.7 Å². The van der Waals surface area contributed by atoms with Gasteiger partial charge in [-0.1, -0.05) is 13.3 Å². The highest BCUT2D eigenvalue weighted by molar-refractivity contribution is 7.09. The molecule has 0 radical (unpaired) electrons. The topological polar surface area (TPSA) is 24.9 Å². The van der Waals surface area contributed by atoms with Gasteiger partial charge in [-0.25, -0.2) is 4.98 Å². The van der Waals surface area contributed by atoms with Gasteiger partial charge in [-0.05, 0) is 44.6 Å². The van der Waals surface area contributed by atoms with Crippen LogP contribution < -0.4 is 5.32 Å². The molecule has 2 fully saturated rings. The average Bonchev–Trinajstić information content (AvgIpc) is 3.09. The molecule has 2 nitrogen and oxygen atoms in total. The van der Waals surface area contributed by atoms with Gasteiger partial charge in [-0.3, -0.25) is 0 Å². The number of hydrogen-bond donors (Lipinski definition) is 1. The van der Waals surface area contributed by atoms with E-state index in [0.29, 0.717) is 6.04 Å². The Bertz CT molecular complexity index is 368. The lowest BCUT2D eigenvalue weighted by Gasteiger charge is -2.08. The molecule has 1 aromatic rings. The summed E-state index contributed by atoms with van der Waals surface area (Å²) in [6, 6.07) is 0.545. The third kappa shape index (κ3) is 2.41. The normalized spacial score (nSPS) is 33.4. The largest absolute Gasteiger partial charge is 0.309 e. The first-order chi connectivity index (χ1) is 8.36. The highest BCUT2D eigenvalue weighted by Gasteiger charge is 2.28. The summed E-state index contributed by atoms with van der Waals surface area (Å²) in [5.41, 5.74) is 1.31. The van der Waals surface area contributed by atoms with E-state index < -0.39 is 0 Å². The molecule has 3 atom stereocenters. The van der Waals surface area contributed by atoms with Crippen LogP contribution in [0.2, 0.25) is 0 Å². The van der Waals surface area contributed by atoms with E-state index in [1.807, 2.05) is 11.3 Å². The van der Waals surface area contributed by atoms with Crippen LogP contribution in [-0.4, -0.2) is 11.5 Å². The Labute approximate surface area is 108 Å². The van der Waals surface area contributed by atoms with Crippen LogP contribution in [0.4, 0.5) is 0 Å². The van der Waals surface area contributed by atoms with Crippen LogP contribution in [0, 0.1) is 5.92 Å². The van der Waals surface area contributed by atoms with Crippen LogP contribution >= 0.6 is 11.3 Å². The predicted molar refractivity (Wildman–Crippen MR) is 72.5 cm³/mol. The molecule has 0 spiro atoms. The van der Waals surface area contributed by atoms with Crippen LogP contribution in [0.15, 0.2) is 5.38 Å². The van der Waals surface area contributed by atoms with Gasteiger partial charge < -0.3 is 5.32 Å². The van der Waals surface area contributed by atoms with Gasteiger partial charge in [-0.2, -0.15) is 0 Å². The highest BCUT2D eigenvalue weighted by Crippen LogP contribution is 2.41. The summed E-state index contributed by atoms with van der Waals surface area (Å²) in [4.78, 5) is 4.90. The van der Waals surface area contributed by atoms with Crippen molar-refractivity contribution in [3.63, 3.8) is 0 Å². The van der Waals surface area contributed by atoms with E-state index in [-0.39, 0.29) is 0 Å². The Hall–Kier alpha value is -0.410. The maximum absolute atomic E-state index is 4.90. The molecule has 1 aliphatic carbocycles. The molecule has 0 amide bonds. The van der Waals surface area contributed by atoms with E-state index in [1.165, 1.54) is 55.8 Å². The van der Waals surface area contributed by atoms with Crippen molar-refractivity contribution in [3.05, 3.63) is 16.1 Å². The summed E-state index contributed by atoms with van der Waals surface area (Å²) in [6.45, 7) is 3.49.